The summed E-state index contributed by atoms with van der Waals surface area (Å²) in [6, 6.07) is 23.7. The summed E-state index contributed by atoms with van der Waals surface area (Å²) in [7, 11) is 0. The molecule has 0 saturated carbocycles. The third-order valence-corrected chi connectivity index (χ3v) is 6.35. The number of nitrogens with one attached hydrogen (secondary N) is 2. The number of amides is 1. The van der Waals surface area contributed by atoms with E-state index in [2.05, 4.69) is 10.3 Å². The van der Waals surface area contributed by atoms with Crippen molar-refractivity contribution in [3.63, 3.8) is 0 Å². The van der Waals surface area contributed by atoms with Gasteiger partial charge in [0.05, 0.1) is 28.0 Å². The minimum Gasteiger partial charge on any atom is -0.352 e. The Morgan fingerprint density at radius 3 is 2.43 bits per heavy atom. The highest BCUT2D eigenvalue weighted by molar-refractivity contribution is 6.38. The van der Waals surface area contributed by atoms with Crippen LogP contribution in [0, 0.1) is 0 Å². The Bertz CT molecular complexity index is 1700. The SMILES string of the molecule is O=C(Cc1ccc(-n2c(=O)[nH]c3c(Cl)cc(Cl)cc3c2=O)cc1)NCc1cccc2ccccc12. The van der Waals surface area contributed by atoms with Crippen LogP contribution in [-0.2, 0) is 17.8 Å². The number of hydrogen-bond donors (Lipinski definition) is 2. The first-order valence-corrected chi connectivity index (χ1v) is 11.6. The van der Waals surface area contributed by atoms with Crippen LogP contribution in [0.15, 0.2) is 88.5 Å². The van der Waals surface area contributed by atoms with Gasteiger partial charge in [-0.25, -0.2) is 9.36 Å². The molecular formula is C27H19Cl2N3O3. The van der Waals surface area contributed by atoms with Gasteiger partial charge in [-0.3, -0.25) is 9.59 Å². The summed E-state index contributed by atoms with van der Waals surface area (Å²) in [6.07, 6.45) is 0.166. The highest BCUT2D eigenvalue weighted by atomic mass is 35.5. The quantitative estimate of drug-likeness (QED) is 0.354. The second-order valence-corrected chi connectivity index (χ2v) is 8.98. The van der Waals surface area contributed by atoms with E-state index in [-0.39, 0.29) is 28.3 Å². The second-order valence-electron chi connectivity index (χ2n) is 8.14. The monoisotopic (exact) mass is 503 g/mol. The number of rotatable bonds is 5. The van der Waals surface area contributed by atoms with Crippen LogP contribution in [0.1, 0.15) is 11.1 Å². The molecule has 1 heterocycles. The summed E-state index contributed by atoms with van der Waals surface area (Å²) < 4.78 is 1.01. The Kier molecular flexibility index (Phi) is 6.16. The maximum atomic E-state index is 13.0. The number of benzene rings is 4. The lowest BCUT2D eigenvalue weighted by molar-refractivity contribution is -0.120. The van der Waals surface area contributed by atoms with Crippen LogP contribution in [0.25, 0.3) is 27.4 Å². The van der Waals surface area contributed by atoms with Gasteiger partial charge in [0.15, 0.2) is 0 Å². The molecule has 0 bridgehead atoms. The van der Waals surface area contributed by atoms with Crippen LogP contribution in [0.5, 0.6) is 0 Å². The van der Waals surface area contributed by atoms with Gasteiger partial charge in [-0.1, -0.05) is 77.8 Å². The molecule has 5 aromatic rings. The fourth-order valence-corrected chi connectivity index (χ4v) is 4.67. The van der Waals surface area contributed by atoms with Crippen molar-refractivity contribution < 1.29 is 4.79 Å². The summed E-state index contributed by atoms with van der Waals surface area (Å²) >= 11 is 12.2. The largest absolute Gasteiger partial charge is 0.352 e. The summed E-state index contributed by atoms with van der Waals surface area (Å²) in [5.74, 6) is -0.129. The van der Waals surface area contributed by atoms with E-state index >= 15 is 0 Å². The molecule has 0 atom stereocenters. The van der Waals surface area contributed by atoms with Gasteiger partial charge in [-0.2, -0.15) is 0 Å². The van der Waals surface area contributed by atoms with E-state index in [1.165, 1.54) is 12.1 Å². The van der Waals surface area contributed by atoms with Crippen LogP contribution in [0.4, 0.5) is 0 Å². The first kappa shape index (κ1) is 22.9. The molecule has 0 unspecified atom stereocenters. The fraction of sp³-hybridized carbons (Fsp3) is 0.0741. The molecular weight excluding hydrogens is 485 g/mol. The van der Waals surface area contributed by atoms with Crippen molar-refractivity contribution in [1.29, 1.82) is 0 Å². The van der Waals surface area contributed by atoms with E-state index in [4.69, 9.17) is 23.2 Å². The Morgan fingerprint density at radius 1 is 0.886 bits per heavy atom. The fourth-order valence-electron chi connectivity index (χ4n) is 4.13. The highest BCUT2D eigenvalue weighted by Gasteiger charge is 2.13. The molecule has 0 aliphatic rings. The van der Waals surface area contributed by atoms with Crippen molar-refractivity contribution in [3.05, 3.63) is 121 Å². The Balaban J connectivity index is 1.34. The van der Waals surface area contributed by atoms with E-state index < -0.39 is 11.2 Å². The number of fused-ring (bicyclic) bond motifs is 2. The number of aromatic amines is 1. The first-order valence-electron chi connectivity index (χ1n) is 10.9. The highest BCUT2D eigenvalue weighted by Crippen LogP contribution is 2.24. The van der Waals surface area contributed by atoms with Crippen molar-refractivity contribution in [1.82, 2.24) is 14.9 Å². The molecule has 0 saturated heterocycles. The zero-order valence-corrected chi connectivity index (χ0v) is 19.9. The van der Waals surface area contributed by atoms with Gasteiger partial charge in [0.2, 0.25) is 5.91 Å². The molecule has 1 amide bonds. The molecule has 0 aliphatic carbocycles. The molecule has 0 spiro atoms. The number of carbonyl (C=O) groups excluding carboxylic acids is 1. The van der Waals surface area contributed by atoms with Crippen molar-refractivity contribution in [3.8, 4) is 5.69 Å². The molecule has 0 aliphatic heterocycles. The third-order valence-electron chi connectivity index (χ3n) is 5.84. The third kappa shape index (κ3) is 4.58. The van der Waals surface area contributed by atoms with E-state index in [0.717, 1.165) is 26.5 Å². The minimum atomic E-state index is -0.618. The van der Waals surface area contributed by atoms with Crippen LogP contribution >= 0.6 is 23.2 Å². The predicted molar refractivity (Wildman–Crippen MR) is 140 cm³/mol. The zero-order valence-electron chi connectivity index (χ0n) is 18.3. The van der Waals surface area contributed by atoms with Crippen molar-refractivity contribution in [2.24, 2.45) is 0 Å². The second kappa shape index (κ2) is 9.41. The minimum absolute atomic E-state index is 0.129. The Labute approximate surface area is 209 Å². The molecule has 0 fully saturated rings. The van der Waals surface area contributed by atoms with E-state index in [1.54, 1.807) is 24.3 Å². The first-order chi connectivity index (χ1) is 16.9. The van der Waals surface area contributed by atoms with Crippen LogP contribution in [0.3, 0.4) is 0 Å². The number of carbonyl (C=O) groups is 1. The topological polar surface area (TPSA) is 84.0 Å². The summed E-state index contributed by atoms with van der Waals surface area (Å²) in [5.41, 5.74) is 1.25. The molecule has 4 aromatic carbocycles. The van der Waals surface area contributed by atoms with Gasteiger partial charge in [0.1, 0.15) is 0 Å². The molecule has 6 nitrogen and oxygen atoms in total. The standard InChI is InChI=1S/C27H19Cl2N3O3/c28-19-13-22-25(23(29)14-19)31-27(35)32(26(22)34)20-10-8-16(9-11-20)12-24(33)30-15-18-6-3-5-17-4-1-2-7-21(17)18/h1-11,13-14H,12,15H2,(H,30,33)(H,31,35). The van der Waals surface area contributed by atoms with Gasteiger partial charge >= 0.3 is 5.69 Å². The van der Waals surface area contributed by atoms with Gasteiger partial charge in [0.25, 0.3) is 5.56 Å². The van der Waals surface area contributed by atoms with Crippen molar-refractivity contribution in [2.75, 3.05) is 0 Å². The average Bonchev–Trinajstić information content (AvgIpc) is 2.84. The maximum Gasteiger partial charge on any atom is 0.333 e. The number of halogens is 2. The maximum absolute atomic E-state index is 13.0. The average molecular weight is 504 g/mol. The van der Waals surface area contributed by atoms with E-state index in [1.807, 2.05) is 42.5 Å². The molecule has 1 aromatic heterocycles. The van der Waals surface area contributed by atoms with Crippen molar-refractivity contribution >= 4 is 50.8 Å². The Hall–Kier alpha value is -3.87. The molecule has 35 heavy (non-hydrogen) atoms. The number of nitrogens with zero attached hydrogens (tertiary/aromatic N) is 1. The normalized spacial score (nSPS) is 11.1. The van der Waals surface area contributed by atoms with Crippen molar-refractivity contribution in [2.45, 2.75) is 13.0 Å². The molecule has 174 valence electrons. The van der Waals surface area contributed by atoms with E-state index in [0.29, 0.717) is 17.3 Å². The van der Waals surface area contributed by atoms with Gasteiger partial charge in [0, 0.05) is 11.6 Å². The predicted octanol–water partition coefficient (Wildman–Crippen LogP) is 5.00. The van der Waals surface area contributed by atoms with Crippen LogP contribution < -0.4 is 16.6 Å². The lowest BCUT2D eigenvalue weighted by Crippen LogP contribution is -2.33. The van der Waals surface area contributed by atoms with Crippen LogP contribution in [0.2, 0.25) is 10.0 Å². The molecule has 5 rings (SSSR count). The van der Waals surface area contributed by atoms with Gasteiger partial charge in [-0.05, 0) is 46.2 Å². The Morgan fingerprint density at radius 2 is 1.63 bits per heavy atom. The zero-order chi connectivity index (χ0) is 24.5. The summed E-state index contributed by atoms with van der Waals surface area (Å²) in [6.45, 7) is 0.422. The molecule has 8 heteroatoms. The smallest absolute Gasteiger partial charge is 0.333 e. The number of hydrogen-bond acceptors (Lipinski definition) is 3. The lowest BCUT2D eigenvalue weighted by Gasteiger charge is -2.10. The summed E-state index contributed by atoms with van der Waals surface area (Å²) in [4.78, 5) is 40.8. The molecule has 0 radical (unpaired) electrons. The summed E-state index contributed by atoms with van der Waals surface area (Å²) in [5, 5.41) is 5.88. The molecule has 2 N–H and O–H groups in total. The lowest BCUT2D eigenvalue weighted by atomic mass is 10.0. The van der Waals surface area contributed by atoms with Gasteiger partial charge in [-0.15, -0.1) is 0 Å². The number of H-pyrrole nitrogens is 1. The van der Waals surface area contributed by atoms with Crippen LogP contribution in [-0.4, -0.2) is 15.5 Å². The van der Waals surface area contributed by atoms with E-state index in [9.17, 15) is 14.4 Å². The van der Waals surface area contributed by atoms with Gasteiger partial charge < -0.3 is 10.3 Å². The number of aromatic nitrogens is 2.